The van der Waals surface area contributed by atoms with Gasteiger partial charge in [-0.1, -0.05) is 87.5 Å². The maximum Gasteiger partial charge on any atom is 0.408 e. The summed E-state index contributed by atoms with van der Waals surface area (Å²) < 4.78 is 5.51. The number of carbonyl (C=O) groups excluding carboxylic acids is 4. The van der Waals surface area contributed by atoms with Gasteiger partial charge in [0, 0.05) is 23.7 Å². The normalized spacial score (nSPS) is 15.2. The molecule has 0 fully saturated rings. The number of nitrogens with zero attached hydrogens (tertiary/aromatic N) is 3. The Labute approximate surface area is 294 Å². The van der Waals surface area contributed by atoms with Gasteiger partial charge in [0.2, 0.25) is 5.91 Å². The van der Waals surface area contributed by atoms with Crippen LogP contribution < -0.4 is 21.4 Å². The number of nitrogens with one attached hydrogen (secondary N) is 2. The molecule has 0 spiro atoms. The van der Waals surface area contributed by atoms with Crippen molar-refractivity contribution >= 4 is 40.3 Å². The first-order valence-electron chi connectivity index (χ1n) is 17.2. The molecule has 4 atom stereocenters. The zero-order chi connectivity index (χ0) is 36.4. The summed E-state index contributed by atoms with van der Waals surface area (Å²) in [6, 6.07) is 20.3. The molecule has 1 aliphatic heterocycles. The zero-order valence-electron chi connectivity index (χ0n) is 29.5. The summed E-state index contributed by atoms with van der Waals surface area (Å²) in [4.78, 5) is 57.5. The zero-order valence-corrected chi connectivity index (χ0v) is 29.5. The first-order valence-corrected chi connectivity index (χ1v) is 17.2. The average molecular weight is 687 g/mol. The number of alkyl carbamates (subject to hydrolysis) is 1. The number of carbonyl (C=O) groups is 4. The van der Waals surface area contributed by atoms with E-state index in [2.05, 4.69) is 10.7 Å². The fourth-order valence-corrected chi connectivity index (χ4v) is 5.63. The van der Waals surface area contributed by atoms with Gasteiger partial charge in [-0.25, -0.2) is 9.80 Å². The Hall–Kier alpha value is -4.94. The number of rotatable bonds is 14. The van der Waals surface area contributed by atoms with Gasteiger partial charge in [-0.15, -0.1) is 0 Å². The highest BCUT2D eigenvalue weighted by Crippen LogP contribution is 2.34. The van der Waals surface area contributed by atoms with E-state index < -0.39 is 42.1 Å². The van der Waals surface area contributed by atoms with Crippen molar-refractivity contribution in [2.75, 3.05) is 11.6 Å². The number of hydrazine groups is 1. The first kappa shape index (κ1) is 37.9. The fourth-order valence-electron chi connectivity index (χ4n) is 5.63. The molecular weight excluding hydrogens is 636 g/mol. The summed E-state index contributed by atoms with van der Waals surface area (Å²) in [5, 5.41) is 16.4. The summed E-state index contributed by atoms with van der Waals surface area (Å²) in [6.07, 6.45) is 0.750. The van der Waals surface area contributed by atoms with Crippen LogP contribution >= 0.6 is 0 Å². The SMILES string of the molecule is CCC(C)N(NC(=O)[C@@H](O)CCC(C)C)C(=O)[C@H](CC1=CN(C(=O)[C@H](C)N)CN1c1cccc2ccccc12)NC(=O)OCc1ccccc1. The van der Waals surface area contributed by atoms with Crippen molar-refractivity contribution in [1.82, 2.24) is 20.7 Å². The molecule has 3 aromatic carbocycles. The number of ether oxygens (including phenoxy) is 1. The molecule has 1 heterocycles. The van der Waals surface area contributed by atoms with E-state index >= 15 is 0 Å². The minimum atomic E-state index is -1.32. The Morgan fingerprint density at radius 3 is 2.30 bits per heavy atom. The lowest BCUT2D eigenvalue weighted by atomic mass is 10.0. The number of benzene rings is 3. The predicted molar refractivity (Wildman–Crippen MR) is 193 cm³/mol. The third kappa shape index (κ3) is 9.82. The van der Waals surface area contributed by atoms with Crippen LogP contribution in [-0.4, -0.2) is 69.7 Å². The summed E-state index contributed by atoms with van der Waals surface area (Å²) in [5.41, 5.74) is 10.7. The van der Waals surface area contributed by atoms with Gasteiger partial charge in [0.15, 0.2) is 0 Å². The quantitative estimate of drug-likeness (QED) is 0.177. The van der Waals surface area contributed by atoms with E-state index in [4.69, 9.17) is 10.5 Å². The van der Waals surface area contributed by atoms with Crippen LogP contribution in [0.4, 0.5) is 10.5 Å². The van der Waals surface area contributed by atoms with Gasteiger partial charge >= 0.3 is 6.09 Å². The number of nitrogens with two attached hydrogens (primary N) is 1. The largest absolute Gasteiger partial charge is 0.445 e. The second-order valence-electron chi connectivity index (χ2n) is 13.2. The smallest absolute Gasteiger partial charge is 0.408 e. The van der Waals surface area contributed by atoms with Crippen molar-refractivity contribution in [2.24, 2.45) is 11.7 Å². The molecule has 0 saturated heterocycles. The Morgan fingerprint density at radius 2 is 1.62 bits per heavy atom. The van der Waals surface area contributed by atoms with Crippen molar-refractivity contribution in [2.45, 2.75) is 91.1 Å². The molecule has 0 aromatic heterocycles. The first-order chi connectivity index (χ1) is 23.9. The second-order valence-corrected chi connectivity index (χ2v) is 13.2. The number of aliphatic hydroxyl groups excluding tert-OH is 1. The molecule has 12 nitrogen and oxygen atoms in total. The van der Waals surface area contributed by atoms with E-state index in [0.29, 0.717) is 18.5 Å². The van der Waals surface area contributed by atoms with Crippen LogP contribution in [0.15, 0.2) is 84.7 Å². The summed E-state index contributed by atoms with van der Waals surface area (Å²) in [7, 11) is 0. The van der Waals surface area contributed by atoms with Gasteiger partial charge in [-0.3, -0.25) is 24.7 Å². The number of anilines is 1. The van der Waals surface area contributed by atoms with E-state index in [0.717, 1.165) is 22.0 Å². The lowest BCUT2D eigenvalue weighted by molar-refractivity contribution is -0.149. The van der Waals surface area contributed by atoms with Crippen molar-refractivity contribution in [3.05, 3.63) is 90.3 Å². The van der Waals surface area contributed by atoms with Gasteiger partial charge in [0.25, 0.3) is 11.8 Å². The number of amides is 4. The Morgan fingerprint density at radius 1 is 0.940 bits per heavy atom. The van der Waals surface area contributed by atoms with Gasteiger partial charge in [-0.2, -0.15) is 0 Å². The maximum absolute atomic E-state index is 14.5. The van der Waals surface area contributed by atoms with Crippen LogP contribution in [-0.2, 0) is 25.7 Å². The Bertz CT molecular complexity index is 1660. The van der Waals surface area contributed by atoms with E-state index in [1.807, 2.05) is 98.5 Å². The molecule has 0 bridgehead atoms. The topological polar surface area (TPSA) is 158 Å². The van der Waals surface area contributed by atoms with Crippen LogP contribution in [0.1, 0.15) is 65.9 Å². The van der Waals surface area contributed by atoms with Crippen molar-refractivity contribution in [3.63, 3.8) is 0 Å². The molecule has 3 aromatic rings. The van der Waals surface area contributed by atoms with E-state index in [1.165, 1.54) is 9.91 Å². The number of hydrogen-bond acceptors (Lipinski definition) is 8. The summed E-state index contributed by atoms with van der Waals surface area (Å²) in [6.45, 7) is 9.34. The molecule has 12 heteroatoms. The van der Waals surface area contributed by atoms with Gasteiger partial charge in [-0.05, 0) is 56.0 Å². The molecule has 268 valence electrons. The van der Waals surface area contributed by atoms with Crippen molar-refractivity contribution < 1.29 is 29.0 Å². The molecule has 50 heavy (non-hydrogen) atoms. The Kier molecular flexibility index (Phi) is 13.4. The molecule has 5 N–H and O–H groups in total. The molecule has 4 amide bonds. The third-order valence-corrected chi connectivity index (χ3v) is 8.71. The van der Waals surface area contributed by atoms with Gasteiger partial charge in [0.1, 0.15) is 25.4 Å². The Balaban J connectivity index is 1.69. The van der Waals surface area contributed by atoms with Gasteiger partial charge in [0.05, 0.1) is 17.8 Å². The molecular formula is C38H50N6O6. The summed E-state index contributed by atoms with van der Waals surface area (Å²) >= 11 is 0. The second kappa shape index (κ2) is 17.6. The van der Waals surface area contributed by atoms with Crippen LogP contribution in [0.2, 0.25) is 0 Å². The lowest BCUT2D eigenvalue weighted by Crippen LogP contribution is -2.59. The molecule has 0 aliphatic carbocycles. The number of hydrogen-bond donors (Lipinski definition) is 4. The molecule has 1 aliphatic rings. The number of aliphatic hydroxyl groups is 1. The van der Waals surface area contributed by atoms with Crippen molar-refractivity contribution in [3.8, 4) is 0 Å². The van der Waals surface area contributed by atoms with Gasteiger partial charge < -0.3 is 25.8 Å². The fraction of sp³-hybridized carbons (Fsp3) is 0.421. The maximum atomic E-state index is 14.5. The highest BCUT2D eigenvalue weighted by atomic mass is 16.5. The standard InChI is InChI=1S/C38H50N6O6/c1-6-26(4)44(41-35(46)34(45)20-19-25(2)3)37(48)32(40-38(49)50-23-28-13-8-7-9-14-28)21-30-22-42(36(47)27(5)39)24-43(30)33-18-12-16-29-15-10-11-17-31(29)33/h7-18,22,25-27,32,34,45H,6,19-21,23-24,39H2,1-5H3,(H,40,49)(H,41,46)/t26?,27-,32-,34-/m0/s1. The van der Waals surface area contributed by atoms with E-state index in [9.17, 15) is 24.3 Å². The van der Waals surface area contributed by atoms with E-state index in [-0.39, 0.29) is 37.9 Å². The molecule has 0 saturated carbocycles. The van der Waals surface area contributed by atoms with Crippen LogP contribution in [0.5, 0.6) is 0 Å². The lowest BCUT2D eigenvalue weighted by Gasteiger charge is -2.34. The highest BCUT2D eigenvalue weighted by molar-refractivity contribution is 5.96. The molecule has 1 unspecified atom stereocenters. The molecule has 0 radical (unpaired) electrons. The minimum absolute atomic E-state index is 0.0249. The minimum Gasteiger partial charge on any atom is -0.445 e. The third-order valence-electron chi connectivity index (χ3n) is 8.71. The monoisotopic (exact) mass is 686 g/mol. The number of fused-ring (bicyclic) bond motifs is 1. The molecule has 4 rings (SSSR count). The van der Waals surface area contributed by atoms with Crippen LogP contribution in [0.3, 0.4) is 0 Å². The predicted octanol–water partition coefficient (Wildman–Crippen LogP) is 4.78. The van der Waals surface area contributed by atoms with Crippen molar-refractivity contribution in [1.29, 1.82) is 0 Å². The summed E-state index contributed by atoms with van der Waals surface area (Å²) in [5.74, 6) is -1.36. The van der Waals surface area contributed by atoms with Crippen LogP contribution in [0.25, 0.3) is 10.8 Å². The van der Waals surface area contributed by atoms with Crippen LogP contribution in [0, 0.1) is 5.92 Å². The van der Waals surface area contributed by atoms with E-state index in [1.54, 1.807) is 20.0 Å². The average Bonchev–Trinajstić information content (AvgIpc) is 3.53. The highest BCUT2D eigenvalue weighted by Gasteiger charge is 2.36.